The lowest BCUT2D eigenvalue weighted by atomic mass is 10.4. The van der Waals surface area contributed by atoms with Gasteiger partial charge in [-0.15, -0.1) is 0 Å². The number of hydrogen-bond acceptors (Lipinski definition) is 3. The second kappa shape index (κ2) is 3.08. The Bertz CT molecular complexity index is 661. The molecule has 0 atom stereocenters. The van der Waals surface area contributed by atoms with E-state index in [9.17, 15) is 0 Å². The molecule has 3 aromatic rings. The molecule has 0 fully saturated rings. The maximum Gasteiger partial charge on any atom is 0.171 e. The van der Waals surface area contributed by atoms with E-state index in [4.69, 9.17) is 11.6 Å². The molecule has 0 aliphatic rings. The smallest absolute Gasteiger partial charge is 0.171 e. The molecule has 7 heteroatoms. The number of rotatable bonds is 1. The molecular formula is C9H8ClN6-. The zero-order valence-electron chi connectivity index (χ0n) is 8.72. The minimum absolute atomic E-state index is 0.299. The summed E-state index contributed by atoms with van der Waals surface area (Å²) in [4.78, 5) is 4.32. The second-order valence-corrected chi connectivity index (χ2v) is 3.94. The molecule has 16 heavy (non-hydrogen) atoms. The summed E-state index contributed by atoms with van der Waals surface area (Å²) in [5.41, 5.74) is 2.51. The summed E-state index contributed by atoms with van der Waals surface area (Å²) in [7, 11) is 0. The Morgan fingerprint density at radius 2 is 2.19 bits per heavy atom. The molecule has 0 saturated carbocycles. The normalized spacial score (nSPS) is 11.4. The van der Waals surface area contributed by atoms with E-state index in [0.29, 0.717) is 16.6 Å². The van der Waals surface area contributed by atoms with Crippen LogP contribution in [0.3, 0.4) is 0 Å². The van der Waals surface area contributed by atoms with Crippen molar-refractivity contribution in [3.05, 3.63) is 28.8 Å². The molecule has 0 amide bonds. The molecular weight excluding hydrogens is 228 g/mol. The van der Waals surface area contributed by atoms with Crippen molar-refractivity contribution >= 4 is 17.2 Å². The Labute approximate surface area is 95.8 Å². The molecule has 0 spiro atoms. The van der Waals surface area contributed by atoms with Crippen molar-refractivity contribution in [1.29, 1.82) is 0 Å². The highest BCUT2D eigenvalue weighted by Gasteiger charge is 2.08. The lowest BCUT2D eigenvalue weighted by Gasteiger charge is -1.98. The van der Waals surface area contributed by atoms with Crippen molar-refractivity contribution in [2.45, 2.75) is 13.8 Å². The summed E-state index contributed by atoms with van der Waals surface area (Å²) in [5, 5.41) is 12.2. The van der Waals surface area contributed by atoms with E-state index in [0.717, 1.165) is 11.4 Å². The molecule has 0 aliphatic carbocycles. The fraction of sp³-hybridized carbons (Fsp3) is 0.222. The van der Waals surface area contributed by atoms with Gasteiger partial charge in [0.15, 0.2) is 16.6 Å². The number of halogens is 1. The summed E-state index contributed by atoms with van der Waals surface area (Å²) < 4.78 is 3.29. The lowest BCUT2D eigenvalue weighted by Crippen LogP contribution is -1.99. The van der Waals surface area contributed by atoms with E-state index in [1.54, 1.807) is 10.9 Å². The van der Waals surface area contributed by atoms with E-state index in [2.05, 4.69) is 20.4 Å². The predicted octanol–water partition coefficient (Wildman–Crippen LogP) is 1.14. The predicted molar refractivity (Wildman–Crippen MR) is 57.9 cm³/mol. The van der Waals surface area contributed by atoms with E-state index < -0.39 is 0 Å². The van der Waals surface area contributed by atoms with E-state index in [-0.39, 0.29) is 0 Å². The zero-order valence-corrected chi connectivity index (χ0v) is 9.47. The van der Waals surface area contributed by atoms with Crippen LogP contribution in [0.2, 0.25) is 5.15 Å². The molecule has 6 nitrogen and oxygen atoms in total. The quantitative estimate of drug-likeness (QED) is 0.635. The number of hydrogen-bond donors (Lipinski definition) is 0. The molecule has 0 bridgehead atoms. The Morgan fingerprint density at radius 1 is 1.38 bits per heavy atom. The van der Waals surface area contributed by atoms with Crippen LogP contribution in [-0.4, -0.2) is 24.4 Å². The monoisotopic (exact) mass is 235 g/mol. The highest BCUT2D eigenvalue weighted by Crippen LogP contribution is 2.16. The van der Waals surface area contributed by atoms with Gasteiger partial charge in [0.25, 0.3) is 0 Å². The molecule has 3 rings (SSSR count). The first-order chi connectivity index (χ1) is 7.65. The Hall–Kier alpha value is -1.82. The van der Waals surface area contributed by atoms with Crippen molar-refractivity contribution in [2.75, 3.05) is 0 Å². The maximum absolute atomic E-state index is 5.83. The highest BCUT2D eigenvalue weighted by molar-refractivity contribution is 6.32. The molecule has 0 saturated heterocycles. The van der Waals surface area contributed by atoms with Gasteiger partial charge in [0.1, 0.15) is 0 Å². The molecule has 0 aliphatic heterocycles. The second-order valence-electron chi connectivity index (χ2n) is 3.59. The maximum atomic E-state index is 5.83. The van der Waals surface area contributed by atoms with Crippen LogP contribution < -0.4 is 5.21 Å². The minimum Gasteiger partial charge on any atom is -0.505 e. The Balaban J connectivity index is 2.22. The van der Waals surface area contributed by atoms with Gasteiger partial charge in [-0.05, 0) is 19.9 Å². The van der Waals surface area contributed by atoms with Gasteiger partial charge < -0.3 is 14.8 Å². The van der Waals surface area contributed by atoms with Crippen LogP contribution in [0.1, 0.15) is 11.4 Å². The lowest BCUT2D eigenvalue weighted by molar-refractivity contribution is 0.797. The van der Waals surface area contributed by atoms with Crippen LogP contribution in [0.4, 0.5) is 0 Å². The third kappa shape index (κ3) is 1.23. The number of fused-ring (bicyclic) bond motifs is 1. The van der Waals surface area contributed by atoms with Crippen LogP contribution >= 0.6 is 11.6 Å². The van der Waals surface area contributed by atoms with Crippen molar-refractivity contribution in [3.63, 3.8) is 0 Å². The van der Waals surface area contributed by atoms with Crippen LogP contribution in [0.5, 0.6) is 0 Å². The van der Waals surface area contributed by atoms with Gasteiger partial charge in [0.05, 0.1) is 5.69 Å². The van der Waals surface area contributed by atoms with Gasteiger partial charge >= 0.3 is 0 Å². The average Bonchev–Trinajstić information content (AvgIpc) is 2.84. The molecule has 0 unspecified atom stereocenters. The Morgan fingerprint density at radius 3 is 2.81 bits per heavy atom. The van der Waals surface area contributed by atoms with Crippen molar-refractivity contribution in [2.24, 2.45) is 0 Å². The van der Waals surface area contributed by atoms with Gasteiger partial charge in [0.2, 0.25) is 0 Å². The number of imidazole rings is 1. The van der Waals surface area contributed by atoms with Crippen molar-refractivity contribution < 1.29 is 0 Å². The number of aryl methyl sites for hydroxylation is 2. The molecule has 82 valence electrons. The number of aromatic nitrogens is 6. The third-order valence-corrected chi connectivity index (χ3v) is 2.56. The summed E-state index contributed by atoms with van der Waals surface area (Å²) in [6, 6.07) is 1.98. The number of nitrogens with zero attached hydrogens (tertiary/aromatic N) is 6. The summed E-state index contributed by atoms with van der Waals surface area (Å²) in [6.07, 6.45) is 1.74. The van der Waals surface area contributed by atoms with Crippen molar-refractivity contribution in [1.82, 2.24) is 29.6 Å². The highest BCUT2D eigenvalue weighted by atomic mass is 35.5. The summed E-state index contributed by atoms with van der Waals surface area (Å²) >= 11 is 5.83. The fourth-order valence-corrected chi connectivity index (χ4v) is 1.83. The molecule has 3 aromatic heterocycles. The van der Waals surface area contributed by atoms with E-state index >= 15 is 0 Å². The summed E-state index contributed by atoms with van der Waals surface area (Å²) in [6.45, 7) is 3.91. The van der Waals surface area contributed by atoms with Gasteiger partial charge in [-0.3, -0.25) is 0 Å². The fourth-order valence-electron chi connectivity index (χ4n) is 1.66. The van der Waals surface area contributed by atoms with E-state index in [1.165, 1.54) is 4.52 Å². The van der Waals surface area contributed by atoms with Gasteiger partial charge in [-0.2, -0.15) is 5.10 Å². The van der Waals surface area contributed by atoms with Crippen LogP contribution in [-0.2, 0) is 0 Å². The van der Waals surface area contributed by atoms with Crippen LogP contribution in [0.15, 0.2) is 12.3 Å². The molecule has 0 aromatic carbocycles. The van der Waals surface area contributed by atoms with Gasteiger partial charge in [0, 0.05) is 11.9 Å². The molecule has 3 heterocycles. The topological polar surface area (TPSA) is 62.1 Å². The first-order valence-corrected chi connectivity index (χ1v) is 5.11. The Kier molecular flexibility index (Phi) is 1.81. The standard InChI is InChI=1S/C9H8ClN6/c1-5-3-6(2)16(13-5)7-4-15-9(11-7)8(10)12-14-15/h3-4H,1-2H3/q-1. The first kappa shape index (κ1) is 9.41. The van der Waals surface area contributed by atoms with Crippen LogP contribution in [0.25, 0.3) is 11.5 Å². The molecule has 0 N–H and O–H groups in total. The minimum atomic E-state index is 0.299. The SMILES string of the molecule is Cc1cc(C)n(-c2cn3[n-]nc(Cl)c3n2)n1. The van der Waals surface area contributed by atoms with Gasteiger partial charge in [-0.1, -0.05) is 11.6 Å². The largest absolute Gasteiger partial charge is 0.505 e. The first-order valence-electron chi connectivity index (χ1n) is 4.73. The van der Waals surface area contributed by atoms with Gasteiger partial charge in [-0.25, -0.2) is 9.67 Å². The summed E-state index contributed by atoms with van der Waals surface area (Å²) in [5.74, 6) is 0.692. The third-order valence-electron chi connectivity index (χ3n) is 2.32. The van der Waals surface area contributed by atoms with E-state index in [1.807, 2.05) is 19.9 Å². The average molecular weight is 236 g/mol. The van der Waals surface area contributed by atoms with Crippen molar-refractivity contribution in [3.8, 4) is 5.82 Å². The zero-order chi connectivity index (χ0) is 11.3. The molecule has 0 radical (unpaired) electrons. The van der Waals surface area contributed by atoms with Crippen LogP contribution in [0, 0.1) is 13.8 Å².